The molecule has 0 N–H and O–H groups in total. The summed E-state index contributed by atoms with van der Waals surface area (Å²) in [4.78, 5) is 15.5. The number of ketones is 1. The molecule has 1 aliphatic carbocycles. The van der Waals surface area contributed by atoms with Gasteiger partial charge in [-0.3, -0.25) is 0 Å². The summed E-state index contributed by atoms with van der Waals surface area (Å²) in [5.41, 5.74) is 2.23. The summed E-state index contributed by atoms with van der Waals surface area (Å²) >= 11 is 6.38. The average Bonchev–Trinajstić information content (AvgIpc) is 3.45. The molecular weight excluding hydrogens is 358 g/mol. The molecule has 3 rings (SSSR count). The molecule has 0 aliphatic heterocycles. The Balaban J connectivity index is 1.57. The van der Waals surface area contributed by atoms with Crippen molar-refractivity contribution in [1.29, 1.82) is 0 Å². The van der Waals surface area contributed by atoms with Crippen LogP contribution in [-0.4, -0.2) is 10.8 Å². The van der Waals surface area contributed by atoms with Crippen LogP contribution in [0.3, 0.4) is 0 Å². The van der Waals surface area contributed by atoms with Crippen molar-refractivity contribution in [2.24, 2.45) is 11.8 Å². The molecule has 1 aromatic carbocycles. The van der Waals surface area contributed by atoms with E-state index in [1.54, 1.807) is 13.1 Å². The van der Waals surface area contributed by atoms with Crippen LogP contribution in [0.2, 0.25) is 5.02 Å². The summed E-state index contributed by atoms with van der Waals surface area (Å²) in [6, 6.07) is 9.76. The van der Waals surface area contributed by atoms with Crippen LogP contribution in [0, 0.1) is 11.8 Å². The molecule has 1 heterocycles. The number of halogens is 1. The molecule has 1 atom stereocenters. The first-order chi connectivity index (χ1) is 13.0. The number of pyridine rings is 1. The second-order valence-corrected chi connectivity index (χ2v) is 7.93. The molecule has 0 unspecified atom stereocenters. The Labute approximate surface area is 166 Å². The maximum absolute atomic E-state index is 11.1. The number of aromatic nitrogens is 1. The third-order valence-electron chi connectivity index (χ3n) is 4.73. The van der Waals surface area contributed by atoms with E-state index in [0.717, 1.165) is 17.9 Å². The molecule has 4 heteroatoms. The predicted octanol–water partition coefficient (Wildman–Crippen LogP) is 6.50. The van der Waals surface area contributed by atoms with Crippen molar-refractivity contribution in [2.75, 3.05) is 0 Å². The smallest absolute Gasteiger partial charge is 0.219 e. The Morgan fingerprint density at radius 3 is 2.78 bits per heavy atom. The van der Waals surface area contributed by atoms with E-state index in [2.05, 4.69) is 11.1 Å². The number of aryl methyl sites for hydroxylation is 1. The molecule has 27 heavy (non-hydrogen) atoms. The van der Waals surface area contributed by atoms with E-state index in [1.807, 2.05) is 43.3 Å². The van der Waals surface area contributed by atoms with Gasteiger partial charge in [0.15, 0.2) is 0 Å². The summed E-state index contributed by atoms with van der Waals surface area (Å²) in [6.45, 7) is 3.64. The minimum Gasteiger partial charge on any atom is -0.437 e. The van der Waals surface area contributed by atoms with E-state index in [4.69, 9.17) is 16.3 Å². The van der Waals surface area contributed by atoms with E-state index < -0.39 is 0 Å². The quantitative estimate of drug-likeness (QED) is 0.496. The van der Waals surface area contributed by atoms with Crippen molar-refractivity contribution >= 4 is 23.5 Å². The summed E-state index contributed by atoms with van der Waals surface area (Å²) in [7, 11) is 0. The van der Waals surface area contributed by atoms with Crippen molar-refractivity contribution in [1.82, 2.24) is 4.98 Å². The molecule has 0 spiro atoms. The lowest BCUT2D eigenvalue weighted by atomic mass is 10.0. The van der Waals surface area contributed by atoms with Crippen LogP contribution >= 0.6 is 11.6 Å². The third-order valence-corrected chi connectivity index (χ3v) is 5.03. The van der Waals surface area contributed by atoms with Gasteiger partial charge in [-0.25, -0.2) is 4.98 Å². The van der Waals surface area contributed by atoms with Crippen LogP contribution < -0.4 is 4.74 Å². The predicted molar refractivity (Wildman–Crippen MR) is 110 cm³/mol. The number of hydrogen-bond acceptors (Lipinski definition) is 3. The second kappa shape index (κ2) is 9.18. The summed E-state index contributed by atoms with van der Waals surface area (Å²) in [5, 5.41) is 0.618. The molecule has 1 aromatic heterocycles. The van der Waals surface area contributed by atoms with Gasteiger partial charge in [-0.15, -0.1) is 0 Å². The number of carbonyl (C=O) groups excluding carboxylic acids is 1. The van der Waals surface area contributed by atoms with Gasteiger partial charge >= 0.3 is 0 Å². The van der Waals surface area contributed by atoms with Gasteiger partial charge in [0.25, 0.3) is 0 Å². The molecule has 2 aromatic rings. The highest BCUT2D eigenvalue weighted by atomic mass is 35.5. The Kier molecular flexibility index (Phi) is 6.68. The minimum atomic E-state index is 0.199. The second-order valence-electron chi connectivity index (χ2n) is 7.52. The van der Waals surface area contributed by atoms with Gasteiger partial charge in [0.1, 0.15) is 11.5 Å². The number of benzene rings is 1. The number of hydrogen-bond donors (Lipinski definition) is 0. The first-order valence-electron chi connectivity index (χ1n) is 9.59. The van der Waals surface area contributed by atoms with E-state index in [9.17, 15) is 4.79 Å². The monoisotopic (exact) mass is 383 g/mol. The molecule has 1 saturated carbocycles. The lowest BCUT2D eigenvalue weighted by Gasteiger charge is -2.09. The lowest BCUT2D eigenvalue weighted by Crippen LogP contribution is -1.97. The van der Waals surface area contributed by atoms with Crippen LogP contribution in [0.1, 0.15) is 50.7 Å². The van der Waals surface area contributed by atoms with Crippen LogP contribution in [-0.2, 0) is 11.2 Å². The fourth-order valence-electron chi connectivity index (χ4n) is 3.02. The number of ether oxygens (including phenoxy) is 1. The van der Waals surface area contributed by atoms with E-state index in [-0.39, 0.29) is 11.7 Å². The number of Topliss-reactive ketones (excluding diaryl/α,β-unsaturated/α-hetero) is 1. The largest absolute Gasteiger partial charge is 0.437 e. The standard InChI is InChI=1S/C23H26ClNO2/c1-16(13-17(2)26)3-4-20-10-12-23(25-15-20)27-22-11-9-19(14-21(22)24)8-7-18-5-6-18/h3-4,9-12,14-16,18H,5-8,13H2,1-2H3/b4-3+/t16-/m0/s1. The number of rotatable bonds is 9. The van der Waals surface area contributed by atoms with E-state index >= 15 is 0 Å². The zero-order valence-electron chi connectivity index (χ0n) is 16.0. The molecule has 0 radical (unpaired) electrons. The first kappa shape index (κ1) is 19.6. The van der Waals surface area contributed by atoms with Crippen LogP contribution in [0.15, 0.2) is 42.6 Å². The fraction of sp³-hybridized carbons (Fsp3) is 0.391. The molecule has 3 nitrogen and oxygen atoms in total. The van der Waals surface area contributed by atoms with Crippen molar-refractivity contribution in [3.8, 4) is 11.6 Å². The van der Waals surface area contributed by atoms with Crippen LogP contribution in [0.25, 0.3) is 6.08 Å². The number of carbonyl (C=O) groups is 1. The highest BCUT2D eigenvalue weighted by molar-refractivity contribution is 6.32. The Morgan fingerprint density at radius 1 is 1.33 bits per heavy atom. The molecule has 1 aliphatic rings. The van der Waals surface area contributed by atoms with E-state index in [1.165, 1.54) is 24.8 Å². The molecule has 142 valence electrons. The Morgan fingerprint density at radius 2 is 2.15 bits per heavy atom. The minimum absolute atomic E-state index is 0.199. The highest BCUT2D eigenvalue weighted by Crippen LogP contribution is 2.35. The fourth-order valence-corrected chi connectivity index (χ4v) is 3.26. The highest BCUT2D eigenvalue weighted by Gasteiger charge is 2.20. The van der Waals surface area contributed by atoms with Gasteiger partial charge in [0.2, 0.25) is 5.88 Å². The summed E-state index contributed by atoms with van der Waals surface area (Å²) in [5.74, 6) is 2.47. The van der Waals surface area contributed by atoms with Crippen LogP contribution in [0.5, 0.6) is 11.6 Å². The zero-order chi connectivity index (χ0) is 19.2. The topological polar surface area (TPSA) is 39.2 Å². The average molecular weight is 384 g/mol. The Hall–Kier alpha value is -2.13. The van der Waals surface area contributed by atoms with E-state index in [0.29, 0.717) is 23.1 Å². The molecule has 0 amide bonds. The molecular formula is C23H26ClNO2. The molecule has 0 bridgehead atoms. The SMILES string of the molecule is CC(=O)C[C@@H](C)/C=C/c1ccc(Oc2ccc(CCC3CC3)cc2Cl)nc1. The van der Waals surface area contributed by atoms with Crippen LogP contribution in [0.4, 0.5) is 0 Å². The molecule has 1 fully saturated rings. The van der Waals surface area contributed by atoms with Gasteiger partial charge in [-0.05, 0) is 60.9 Å². The summed E-state index contributed by atoms with van der Waals surface area (Å²) in [6.07, 6.45) is 11.4. The van der Waals surface area contributed by atoms with Crippen molar-refractivity contribution in [3.63, 3.8) is 0 Å². The van der Waals surface area contributed by atoms with Gasteiger partial charge in [0.05, 0.1) is 5.02 Å². The van der Waals surface area contributed by atoms with Gasteiger partial charge in [0, 0.05) is 18.7 Å². The van der Waals surface area contributed by atoms with Gasteiger partial charge in [-0.1, -0.05) is 49.6 Å². The Bertz CT molecular complexity index is 810. The number of nitrogens with zero attached hydrogens (tertiary/aromatic N) is 1. The summed E-state index contributed by atoms with van der Waals surface area (Å²) < 4.78 is 5.82. The van der Waals surface area contributed by atoms with Gasteiger partial charge in [-0.2, -0.15) is 0 Å². The zero-order valence-corrected chi connectivity index (χ0v) is 16.7. The third kappa shape index (κ3) is 6.51. The molecule has 0 saturated heterocycles. The van der Waals surface area contributed by atoms with Gasteiger partial charge < -0.3 is 9.53 Å². The van der Waals surface area contributed by atoms with Crippen molar-refractivity contribution < 1.29 is 9.53 Å². The van der Waals surface area contributed by atoms with Crippen molar-refractivity contribution in [3.05, 3.63) is 58.8 Å². The number of allylic oxidation sites excluding steroid dienone is 1. The maximum Gasteiger partial charge on any atom is 0.219 e. The normalized spacial score (nSPS) is 15.1. The lowest BCUT2D eigenvalue weighted by molar-refractivity contribution is -0.117. The first-order valence-corrected chi connectivity index (χ1v) is 9.97. The van der Waals surface area contributed by atoms with Crippen molar-refractivity contribution in [2.45, 2.75) is 46.0 Å². The maximum atomic E-state index is 11.1.